The van der Waals surface area contributed by atoms with Crippen molar-refractivity contribution < 1.29 is 0 Å². The molecular formula is C3H4Sb3. The summed E-state index contributed by atoms with van der Waals surface area (Å²) in [4.78, 5) is 0. The fraction of sp³-hybridized carbons (Fsp3) is 0.333. The van der Waals surface area contributed by atoms with Crippen molar-refractivity contribution in [2.45, 2.75) is 6.92 Å². The van der Waals surface area contributed by atoms with Gasteiger partial charge in [0.05, 0.1) is 0 Å². The second-order valence-corrected chi connectivity index (χ2v) is 43.2. The monoisotopic (exact) mass is 403 g/mol. The fourth-order valence-corrected chi connectivity index (χ4v) is 55.1. The topological polar surface area (TPSA) is 0 Å². The molecule has 31 valence electrons. The van der Waals surface area contributed by atoms with Crippen LogP contribution in [0.15, 0.2) is 3.52 Å². The Hall–Kier alpha value is 2.19. The van der Waals surface area contributed by atoms with Crippen molar-refractivity contribution in [3.63, 3.8) is 0 Å². The Morgan fingerprint density at radius 3 is 2.83 bits per heavy atom. The average molecular weight is 405 g/mol. The Labute approximate surface area is 60.1 Å². The zero-order valence-corrected chi connectivity index (χ0v) is 11.4. The van der Waals surface area contributed by atoms with E-state index in [0.29, 0.717) is 29.5 Å². The van der Waals surface area contributed by atoms with Crippen molar-refractivity contribution in [1.82, 2.24) is 0 Å². The van der Waals surface area contributed by atoms with Crippen LogP contribution >= 0.6 is 0 Å². The number of hydrogen-bond acceptors (Lipinski definition) is 0. The summed E-state index contributed by atoms with van der Waals surface area (Å²) in [6, 6.07) is 0. The van der Waals surface area contributed by atoms with Crippen molar-refractivity contribution in [2.75, 3.05) is 0 Å². The molecule has 0 spiro atoms. The summed E-state index contributed by atoms with van der Waals surface area (Å²) in [5, 5.41) is 0. The summed E-state index contributed by atoms with van der Waals surface area (Å²) in [6.07, 6.45) is 0. The van der Waals surface area contributed by atoms with Crippen LogP contribution in [0.5, 0.6) is 0 Å². The molecule has 0 nitrogen and oxygen atoms in total. The zero-order chi connectivity index (χ0) is 4.41. The molecule has 1 aliphatic rings. The molecular weight excluding hydrogens is 401 g/mol. The molecule has 0 aromatic carbocycles. The van der Waals surface area contributed by atoms with Gasteiger partial charge in [0.25, 0.3) is 0 Å². The predicted octanol–water partition coefficient (Wildman–Crippen LogP) is -0.661. The first-order valence-corrected chi connectivity index (χ1v) is 23.0. The van der Waals surface area contributed by atoms with Crippen LogP contribution in [0.25, 0.3) is 0 Å². The van der Waals surface area contributed by atoms with E-state index in [2.05, 4.69) is 10.9 Å². The van der Waals surface area contributed by atoms with Crippen LogP contribution in [0.4, 0.5) is 0 Å². The van der Waals surface area contributed by atoms with Crippen LogP contribution in [0.3, 0.4) is 0 Å². The maximum absolute atomic E-state index is 3.53. The van der Waals surface area contributed by atoms with Crippen LogP contribution in [0.2, 0.25) is 0 Å². The van der Waals surface area contributed by atoms with Gasteiger partial charge in [-0.3, -0.25) is 0 Å². The molecule has 0 unspecified atom stereocenters. The number of rotatable bonds is 0. The Bertz CT molecular complexity index is 103. The van der Waals surface area contributed by atoms with Crippen LogP contribution in [-0.2, 0) is 0 Å². The van der Waals surface area contributed by atoms with Gasteiger partial charge < -0.3 is 0 Å². The third-order valence-corrected chi connectivity index (χ3v) is 43.2. The number of hydrogen-bond donors (Lipinski definition) is 0. The van der Waals surface area contributed by atoms with Crippen molar-refractivity contribution in [2.24, 2.45) is 0 Å². The molecule has 0 aliphatic carbocycles. The number of allylic oxidation sites excluding steroid dienone is 1. The minimum atomic E-state index is 0.262. The first-order valence-electron chi connectivity index (χ1n) is 1.65. The van der Waals surface area contributed by atoms with E-state index in [-0.39, 0.29) is 17.5 Å². The summed E-state index contributed by atoms with van der Waals surface area (Å²) in [5.74, 6) is 0. The zero-order valence-electron chi connectivity index (χ0n) is 3.39. The van der Waals surface area contributed by atoms with Gasteiger partial charge in [-0.2, -0.15) is 0 Å². The first-order chi connectivity index (χ1) is 2.89. The van der Waals surface area contributed by atoms with E-state index in [0.717, 1.165) is 0 Å². The van der Waals surface area contributed by atoms with Crippen molar-refractivity contribution >= 4 is 47.0 Å². The van der Waals surface area contributed by atoms with Crippen molar-refractivity contribution in [3.8, 4) is 0 Å². The third kappa shape index (κ3) is 1.98. The van der Waals surface area contributed by atoms with Crippen LogP contribution in [0.1, 0.15) is 6.92 Å². The molecule has 1 rings (SSSR count). The summed E-state index contributed by atoms with van der Waals surface area (Å²) in [7, 11) is 0. The Morgan fingerprint density at radius 2 is 2.67 bits per heavy atom. The van der Waals surface area contributed by atoms with E-state index in [9.17, 15) is 0 Å². The summed E-state index contributed by atoms with van der Waals surface area (Å²) >= 11 is 1.20. The van der Waals surface area contributed by atoms with Gasteiger partial charge in [0.2, 0.25) is 0 Å². The normalized spacial score (nSPS) is 18.5. The summed E-state index contributed by atoms with van der Waals surface area (Å²) in [6.45, 7) is 2.30. The molecule has 0 aromatic rings. The Kier molecular flexibility index (Phi) is 3.44. The molecule has 0 fully saturated rings. The second-order valence-electron chi connectivity index (χ2n) is 1.05. The molecule has 1 radical (unpaired) electrons. The van der Waals surface area contributed by atoms with Crippen LogP contribution in [0, 0.1) is 4.02 Å². The van der Waals surface area contributed by atoms with Gasteiger partial charge in [0.15, 0.2) is 0 Å². The van der Waals surface area contributed by atoms with E-state index in [1.165, 1.54) is 0 Å². The summed E-state index contributed by atoms with van der Waals surface area (Å²) < 4.78 is 5.29. The molecule has 0 bridgehead atoms. The first kappa shape index (κ1) is 6.32. The van der Waals surface area contributed by atoms with E-state index >= 15 is 0 Å². The molecule has 0 atom stereocenters. The standard InChI is InChI=1S/C3H3.3Sb.H/c1-3-2;;;;/h1H3;;;;. The SMILES string of the molecule is C[C]1=[C][Sb]=[Sb][SbH]1. The molecule has 0 amide bonds. The molecule has 0 saturated heterocycles. The van der Waals surface area contributed by atoms with Gasteiger partial charge in [0, 0.05) is 0 Å². The molecule has 3 heteroatoms. The van der Waals surface area contributed by atoms with E-state index in [4.69, 9.17) is 0 Å². The van der Waals surface area contributed by atoms with Crippen molar-refractivity contribution in [1.29, 1.82) is 0 Å². The quantitative estimate of drug-likeness (QED) is 0.470. The van der Waals surface area contributed by atoms with Gasteiger partial charge in [-0.25, -0.2) is 0 Å². The predicted molar refractivity (Wildman–Crippen MR) is 31.1 cm³/mol. The minimum absolute atomic E-state index is 0.262. The third-order valence-electron chi connectivity index (χ3n) is 0.485. The van der Waals surface area contributed by atoms with Gasteiger partial charge in [-0.15, -0.1) is 0 Å². The second kappa shape index (κ2) is 3.27. The molecule has 1 aliphatic heterocycles. The molecule has 0 aromatic heterocycles. The van der Waals surface area contributed by atoms with Gasteiger partial charge in [-0.1, -0.05) is 0 Å². The fourth-order valence-electron chi connectivity index (χ4n) is 0.225. The van der Waals surface area contributed by atoms with E-state index in [1.54, 1.807) is 3.52 Å². The van der Waals surface area contributed by atoms with Crippen LogP contribution < -0.4 is 0 Å². The molecule has 1 heterocycles. The molecule has 0 N–H and O–H groups in total. The summed E-state index contributed by atoms with van der Waals surface area (Å²) in [5.41, 5.74) is 0. The van der Waals surface area contributed by atoms with Gasteiger partial charge in [-0.05, 0) is 0 Å². The Morgan fingerprint density at radius 1 is 1.83 bits per heavy atom. The van der Waals surface area contributed by atoms with E-state index < -0.39 is 0 Å². The Balaban J connectivity index is 2.61. The average Bonchev–Trinajstić information content (AvgIpc) is 1.86. The molecule has 0 saturated carbocycles. The van der Waals surface area contributed by atoms with Gasteiger partial charge >= 0.3 is 61.5 Å². The maximum atomic E-state index is 3.53. The van der Waals surface area contributed by atoms with Gasteiger partial charge in [0.1, 0.15) is 0 Å². The van der Waals surface area contributed by atoms with Crippen LogP contribution in [-0.4, -0.2) is 47.0 Å². The van der Waals surface area contributed by atoms with E-state index in [1.807, 2.05) is 0 Å². The van der Waals surface area contributed by atoms with Crippen molar-refractivity contribution in [3.05, 3.63) is 7.54 Å². The molecule has 6 heavy (non-hydrogen) atoms.